The first-order valence-electron chi connectivity index (χ1n) is 13.8. The van der Waals surface area contributed by atoms with Crippen LogP contribution in [-0.4, -0.2) is 65.8 Å². The number of rotatable bonds is 9. The summed E-state index contributed by atoms with van der Waals surface area (Å²) < 4.78 is 6.18. The number of ketones is 1. The summed E-state index contributed by atoms with van der Waals surface area (Å²) in [5.41, 5.74) is 8.27. The summed E-state index contributed by atoms with van der Waals surface area (Å²) in [6.45, 7) is 6.12. The van der Waals surface area contributed by atoms with Crippen LogP contribution in [-0.2, 0) is 16.1 Å². The van der Waals surface area contributed by atoms with E-state index in [2.05, 4.69) is 15.2 Å². The summed E-state index contributed by atoms with van der Waals surface area (Å²) in [6.07, 6.45) is 3.69. The van der Waals surface area contributed by atoms with Gasteiger partial charge in [0, 0.05) is 60.7 Å². The molecule has 1 aromatic carbocycles. The van der Waals surface area contributed by atoms with Crippen molar-refractivity contribution in [3.63, 3.8) is 0 Å². The maximum atomic E-state index is 12.1. The minimum absolute atomic E-state index is 0.0154. The average Bonchev–Trinajstić information content (AvgIpc) is 3.33. The first-order chi connectivity index (χ1) is 19.7. The molecule has 2 aromatic heterocycles. The molecule has 1 unspecified atom stereocenters. The van der Waals surface area contributed by atoms with Crippen molar-refractivity contribution in [2.75, 3.05) is 44.2 Å². The Hall–Kier alpha value is -3.24. The molecule has 0 bridgehead atoms. The molecule has 0 aliphatic carbocycles. The van der Waals surface area contributed by atoms with Gasteiger partial charge in [-0.05, 0) is 73.8 Å². The molecular formula is C30H34Cl2N6O3. The molecule has 2 aliphatic rings. The predicted molar refractivity (Wildman–Crippen MR) is 160 cm³/mol. The van der Waals surface area contributed by atoms with Crippen LogP contribution in [0.5, 0.6) is 11.6 Å². The summed E-state index contributed by atoms with van der Waals surface area (Å²) in [5.74, 6) is 2.17. The third-order valence-corrected chi connectivity index (χ3v) is 8.00. The second-order valence-electron chi connectivity index (χ2n) is 10.7. The highest BCUT2D eigenvalue weighted by atomic mass is 35.5. The second-order valence-corrected chi connectivity index (χ2v) is 11.6. The lowest BCUT2D eigenvalue weighted by atomic mass is 9.96. The molecule has 0 saturated carbocycles. The number of piperidine rings is 1. The summed E-state index contributed by atoms with van der Waals surface area (Å²) in [6, 6.07) is 13.0. The fourth-order valence-corrected chi connectivity index (χ4v) is 5.84. The fourth-order valence-electron chi connectivity index (χ4n) is 5.32. The molecule has 1 atom stereocenters. The monoisotopic (exact) mass is 596 g/mol. The van der Waals surface area contributed by atoms with Crippen LogP contribution in [0.1, 0.15) is 25.3 Å². The van der Waals surface area contributed by atoms with E-state index in [1.165, 1.54) is 0 Å². The van der Waals surface area contributed by atoms with Crippen LogP contribution in [0, 0.1) is 11.8 Å². The highest BCUT2D eigenvalue weighted by Gasteiger charge is 2.30. The first kappa shape index (κ1) is 29.3. The van der Waals surface area contributed by atoms with Gasteiger partial charge in [0.2, 0.25) is 11.8 Å². The van der Waals surface area contributed by atoms with Crippen molar-refractivity contribution in [1.29, 1.82) is 0 Å². The lowest BCUT2D eigenvalue weighted by Crippen LogP contribution is -2.37. The Labute approximate surface area is 250 Å². The Morgan fingerprint density at radius 3 is 2.51 bits per heavy atom. The highest BCUT2D eigenvalue weighted by Crippen LogP contribution is 2.31. The highest BCUT2D eigenvalue weighted by molar-refractivity contribution is 6.35. The van der Waals surface area contributed by atoms with E-state index >= 15 is 0 Å². The number of nitrogens with zero attached hydrogens (tertiary/aromatic N) is 4. The minimum Gasteiger partial charge on any atom is -0.437 e. The number of halogens is 2. The number of nitrogens with one attached hydrogen (secondary N) is 1. The normalized spacial score (nSPS) is 18.1. The van der Waals surface area contributed by atoms with Crippen molar-refractivity contribution in [3.8, 4) is 22.9 Å². The topological polar surface area (TPSA) is 114 Å². The number of carbonyl (C=O) groups is 2. The number of Topliss-reactive ketones (excluding diaryl/α,β-unsaturated/α-hetero) is 1. The predicted octanol–water partition coefficient (Wildman–Crippen LogP) is 4.55. The maximum Gasteiger partial charge on any atom is 0.220 e. The van der Waals surface area contributed by atoms with Gasteiger partial charge in [-0.2, -0.15) is 0 Å². The van der Waals surface area contributed by atoms with Crippen LogP contribution in [0.15, 0.2) is 48.7 Å². The van der Waals surface area contributed by atoms with E-state index in [1.807, 2.05) is 41.3 Å². The summed E-state index contributed by atoms with van der Waals surface area (Å²) in [5, 5.41) is 4.00. The van der Waals surface area contributed by atoms with Crippen LogP contribution < -0.4 is 20.7 Å². The number of pyridine rings is 2. The average molecular weight is 598 g/mol. The van der Waals surface area contributed by atoms with Crippen LogP contribution >= 0.6 is 23.2 Å². The Balaban J connectivity index is 1.33. The van der Waals surface area contributed by atoms with E-state index in [1.54, 1.807) is 19.2 Å². The van der Waals surface area contributed by atoms with Gasteiger partial charge in [-0.25, -0.2) is 9.97 Å². The molecule has 5 rings (SSSR count). The number of nitrogens with two attached hydrogens (primary N) is 1. The Morgan fingerprint density at radius 1 is 1.12 bits per heavy atom. The standard InChI is InChI=1S/C30H34Cl2N6O3/c1-19(39)34-14-20-4-6-37(7-5-20)16-21-8-27(22-10-24(31)12-25(32)11-22)36-30(9-21)41-26-2-3-29(35-15-26)38-17-23(13-33)28(40)18-38/h2-3,8-12,15,20,23H,4-7,13-14,16-18,33H2,1H3,(H,34,39). The SMILES string of the molecule is CC(=O)NCC1CCN(Cc2cc(Oc3ccc(N4CC(=O)C(CN)C4)nc3)nc(-c3cc(Cl)cc(Cl)c3)c2)CC1. The molecule has 11 heteroatoms. The number of ether oxygens (including phenoxy) is 1. The van der Waals surface area contributed by atoms with E-state index in [4.69, 9.17) is 38.7 Å². The van der Waals surface area contributed by atoms with E-state index in [-0.39, 0.29) is 17.6 Å². The fraction of sp³-hybridized carbons (Fsp3) is 0.400. The molecule has 3 aromatic rings. The molecule has 41 heavy (non-hydrogen) atoms. The van der Waals surface area contributed by atoms with Crippen LogP contribution in [0.4, 0.5) is 5.82 Å². The van der Waals surface area contributed by atoms with Gasteiger partial charge < -0.3 is 20.7 Å². The van der Waals surface area contributed by atoms with Gasteiger partial charge in [0.1, 0.15) is 11.6 Å². The van der Waals surface area contributed by atoms with Crippen LogP contribution in [0.25, 0.3) is 11.3 Å². The largest absolute Gasteiger partial charge is 0.437 e. The third-order valence-electron chi connectivity index (χ3n) is 7.57. The number of anilines is 1. The maximum absolute atomic E-state index is 12.1. The van der Waals surface area contributed by atoms with Gasteiger partial charge >= 0.3 is 0 Å². The Bertz CT molecular complexity index is 1380. The number of benzene rings is 1. The second kappa shape index (κ2) is 13.2. The summed E-state index contributed by atoms with van der Waals surface area (Å²) >= 11 is 12.6. The van der Waals surface area contributed by atoms with E-state index < -0.39 is 0 Å². The van der Waals surface area contributed by atoms with Gasteiger partial charge in [-0.1, -0.05) is 23.2 Å². The molecule has 0 spiro atoms. The zero-order valence-corrected chi connectivity index (χ0v) is 24.5. The van der Waals surface area contributed by atoms with Gasteiger partial charge in [0.15, 0.2) is 5.78 Å². The first-order valence-corrected chi connectivity index (χ1v) is 14.6. The van der Waals surface area contributed by atoms with E-state index in [0.29, 0.717) is 58.7 Å². The van der Waals surface area contributed by atoms with E-state index in [0.717, 1.165) is 50.1 Å². The molecule has 1 amide bonds. The van der Waals surface area contributed by atoms with Crippen molar-refractivity contribution in [1.82, 2.24) is 20.2 Å². The van der Waals surface area contributed by atoms with Crippen molar-refractivity contribution in [2.24, 2.45) is 17.6 Å². The zero-order chi connectivity index (χ0) is 28.9. The Kier molecular flexibility index (Phi) is 9.39. The number of amides is 1. The quantitative estimate of drug-likeness (QED) is 0.369. The number of aromatic nitrogens is 2. The van der Waals surface area contributed by atoms with Crippen molar-refractivity contribution >= 4 is 40.7 Å². The number of carbonyl (C=O) groups excluding carboxylic acids is 2. The van der Waals surface area contributed by atoms with Gasteiger partial charge in [0.25, 0.3) is 0 Å². The molecule has 4 heterocycles. The minimum atomic E-state index is -0.152. The molecular weight excluding hydrogens is 563 g/mol. The molecule has 0 radical (unpaired) electrons. The Morgan fingerprint density at radius 2 is 1.88 bits per heavy atom. The number of hydrogen-bond acceptors (Lipinski definition) is 8. The van der Waals surface area contributed by atoms with Crippen molar-refractivity contribution < 1.29 is 14.3 Å². The molecule has 9 nitrogen and oxygen atoms in total. The van der Waals surface area contributed by atoms with Gasteiger partial charge in [0.05, 0.1) is 18.4 Å². The van der Waals surface area contributed by atoms with Crippen LogP contribution in [0.3, 0.4) is 0 Å². The third kappa shape index (κ3) is 7.74. The molecule has 2 saturated heterocycles. The zero-order valence-electron chi connectivity index (χ0n) is 23.0. The molecule has 3 N–H and O–H groups in total. The van der Waals surface area contributed by atoms with Gasteiger partial charge in [-0.15, -0.1) is 0 Å². The lowest BCUT2D eigenvalue weighted by molar-refractivity contribution is -0.120. The van der Waals surface area contributed by atoms with Gasteiger partial charge in [-0.3, -0.25) is 14.5 Å². The molecule has 216 valence electrons. The number of likely N-dealkylation sites (tertiary alicyclic amines) is 1. The van der Waals surface area contributed by atoms with Crippen molar-refractivity contribution in [3.05, 3.63) is 64.3 Å². The lowest BCUT2D eigenvalue weighted by Gasteiger charge is -2.32. The van der Waals surface area contributed by atoms with Crippen LogP contribution in [0.2, 0.25) is 10.0 Å². The summed E-state index contributed by atoms with van der Waals surface area (Å²) in [7, 11) is 0. The van der Waals surface area contributed by atoms with Crippen molar-refractivity contribution in [2.45, 2.75) is 26.3 Å². The molecule has 2 fully saturated rings. The number of hydrogen-bond donors (Lipinski definition) is 2. The smallest absolute Gasteiger partial charge is 0.220 e. The molecule has 2 aliphatic heterocycles. The van der Waals surface area contributed by atoms with E-state index in [9.17, 15) is 9.59 Å². The summed E-state index contributed by atoms with van der Waals surface area (Å²) in [4.78, 5) is 37.0.